The third-order valence-corrected chi connectivity index (χ3v) is 5.15. The summed E-state index contributed by atoms with van der Waals surface area (Å²) >= 11 is 0. The van der Waals surface area contributed by atoms with Crippen LogP contribution in [0.1, 0.15) is 16.7 Å². The van der Waals surface area contributed by atoms with E-state index in [1.165, 1.54) is 11.1 Å². The van der Waals surface area contributed by atoms with Crippen molar-refractivity contribution in [3.63, 3.8) is 0 Å². The maximum absolute atomic E-state index is 5.49. The lowest BCUT2D eigenvalue weighted by Crippen LogP contribution is -2.43. The fraction of sp³-hybridized carbons (Fsp3) is 0.455. The number of para-hydroxylation sites is 1. The maximum atomic E-state index is 5.49. The van der Waals surface area contributed by atoms with Gasteiger partial charge in [0.2, 0.25) is 0 Å². The first-order valence-electron chi connectivity index (χ1n) is 9.59. The number of nitrogens with one attached hydrogen (secondary N) is 1. The van der Waals surface area contributed by atoms with Crippen molar-refractivity contribution >= 4 is 0 Å². The van der Waals surface area contributed by atoms with Gasteiger partial charge < -0.3 is 19.7 Å². The van der Waals surface area contributed by atoms with Gasteiger partial charge in [-0.2, -0.15) is 0 Å². The zero-order valence-corrected chi connectivity index (χ0v) is 16.7. The van der Waals surface area contributed by atoms with Crippen LogP contribution in [0.5, 0.6) is 11.5 Å². The van der Waals surface area contributed by atoms with E-state index in [4.69, 9.17) is 9.47 Å². The van der Waals surface area contributed by atoms with Gasteiger partial charge in [0.15, 0.2) is 11.5 Å². The Bertz CT molecular complexity index is 710. The molecule has 0 aromatic heterocycles. The standard InChI is InChI=1S/C22H31N3O2/c1-24-11-13-25(14-12-24)17-19-9-7-18(8-10-19)15-23-16-20-5-4-6-21(26-2)22(20)27-3/h4-10,23H,11-17H2,1-3H3. The smallest absolute Gasteiger partial charge is 0.165 e. The Hall–Kier alpha value is -2.08. The molecule has 0 bridgehead atoms. The SMILES string of the molecule is COc1cccc(CNCc2ccc(CN3CCN(C)CC3)cc2)c1OC. The molecule has 0 radical (unpaired) electrons. The van der Waals surface area contributed by atoms with Crippen molar-refractivity contribution in [1.29, 1.82) is 0 Å². The summed E-state index contributed by atoms with van der Waals surface area (Å²) < 4.78 is 10.9. The topological polar surface area (TPSA) is 37.0 Å². The van der Waals surface area contributed by atoms with Gasteiger partial charge in [0.05, 0.1) is 14.2 Å². The summed E-state index contributed by atoms with van der Waals surface area (Å²) in [5.41, 5.74) is 3.78. The minimum absolute atomic E-state index is 0.740. The highest BCUT2D eigenvalue weighted by atomic mass is 16.5. The van der Waals surface area contributed by atoms with E-state index in [9.17, 15) is 0 Å². The third-order valence-electron chi connectivity index (χ3n) is 5.15. The van der Waals surface area contributed by atoms with Crippen molar-refractivity contribution in [2.24, 2.45) is 0 Å². The summed E-state index contributed by atoms with van der Waals surface area (Å²) in [6.45, 7) is 7.25. The number of methoxy groups -OCH3 is 2. The van der Waals surface area contributed by atoms with Crippen LogP contribution in [0.15, 0.2) is 42.5 Å². The van der Waals surface area contributed by atoms with E-state index in [-0.39, 0.29) is 0 Å². The number of rotatable bonds is 8. The van der Waals surface area contributed by atoms with Crippen LogP contribution in [0.3, 0.4) is 0 Å². The molecule has 1 N–H and O–H groups in total. The summed E-state index contributed by atoms with van der Waals surface area (Å²) in [7, 11) is 5.54. The Morgan fingerprint density at radius 1 is 0.852 bits per heavy atom. The van der Waals surface area contributed by atoms with Gasteiger partial charge in [0.1, 0.15) is 0 Å². The number of nitrogens with zero attached hydrogens (tertiary/aromatic N) is 2. The van der Waals surface area contributed by atoms with Gasteiger partial charge in [0, 0.05) is 51.4 Å². The lowest BCUT2D eigenvalue weighted by Gasteiger charge is -2.32. The Kier molecular flexibility index (Phi) is 7.10. The van der Waals surface area contributed by atoms with Crippen LogP contribution in [-0.2, 0) is 19.6 Å². The molecule has 2 aromatic rings. The fourth-order valence-electron chi connectivity index (χ4n) is 3.46. The highest BCUT2D eigenvalue weighted by Gasteiger charge is 2.13. The molecule has 3 rings (SSSR count). The van der Waals surface area contributed by atoms with Gasteiger partial charge in [-0.3, -0.25) is 4.90 Å². The van der Waals surface area contributed by atoms with Crippen molar-refractivity contribution in [3.8, 4) is 11.5 Å². The Labute approximate surface area is 162 Å². The van der Waals surface area contributed by atoms with Crippen LogP contribution in [0.2, 0.25) is 0 Å². The number of hydrogen-bond acceptors (Lipinski definition) is 5. The van der Waals surface area contributed by atoms with Crippen LogP contribution in [0, 0.1) is 0 Å². The van der Waals surface area contributed by atoms with E-state index in [1.807, 2.05) is 12.1 Å². The van der Waals surface area contributed by atoms with Crippen molar-refractivity contribution < 1.29 is 9.47 Å². The van der Waals surface area contributed by atoms with Gasteiger partial charge in [-0.15, -0.1) is 0 Å². The number of hydrogen-bond donors (Lipinski definition) is 1. The molecule has 5 nitrogen and oxygen atoms in total. The molecule has 0 spiro atoms. The number of likely N-dealkylation sites (N-methyl/N-ethyl adjacent to an activating group) is 1. The van der Waals surface area contributed by atoms with E-state index >= 15 is 0 Å². The molecule has 0 saturated carbocycles. The average molecular weight is 370 g/mol. The van der Waals surface area contributed by atoms with Crippen molar-refractivity contribution in [1.82, 2.24) is 15.1 Å². The van der Waals surface area contributed by atoms with Crippen LogP contribution in [-0.4, -0.2) is 57.2 Å². The molecule has 0 unspecified atom stereocenters. The molecule has 1 aliphatic rings. The molecule has 1 heterocycles. The van der Waals surface area contributed by atoms with Crippen molar-refractivity contribution in [3.05, 3.63) is 59.2 Å². The Balaban J connectivity index is 1.49. The highest BCUT2D eigenvalue weighted by Crippen LogP contribution is 2.30. The fourth-order valence-corrected chi connectivity index (χ4v) is 3.46. The molecule has 2 aromatic carbocycles. The Morgan fingerprint density at radius 2 is 1.56 bits per heavy atom. The second-order valence-electron chi connectivity index (χ2n) is 7.15. The lowest BCUT2D eigenvalue weighted by atomic mass is 10.1. The van der Waals surface area contributed by atoms with Crippen LogP contribution >= 0.6 is 0 Å². The summed E-state index contributed by atoms with van der Waals surface area (Å²) in [6, 6.07) is 14.9. The molecule has 146 valence electrons. The summed E-state index contributed by atoms with van der Waals surface area (Å²) in [5.74, 6) is 1.57. The van der Waals surface area contributed by atoms with Crippen molar-refractivity contribution in [2.75, 3.05) is 47.4 Å². The predicted octanol–water partition coefficient (Wildman–Crippen LogP) is 2.74. The second-order valence-corrected chi connectivity index (χ2v) is 7.15. The molecule has 0 amide bonds. The maximum Gasteiger partial charge on any atom is 0.165 e. The number of piperazine rings is 1. The normalized spacial score (nSPS) is 15.7. The minimum Gasteiger partial charge on any atom is -0.493 e. The van der Waals surface area contributed by atoms with Gasteiger partial charge >= 0.3 is 0 Å². The quantitative estimate of drug-likeness (QED) is 0.774. The van der Waals surface area contributed by atoms with Crippen molar-refractivity contribution in [2.45, 2.75) is 19.6 Å². The minimum atomic E-state index is 0.740. The van der Waals surface area contributed by atoms with Gasteiger partial charge in [-0.25, -0.2) is 0 Å². The van der Waals surface area contributed by atoms with Gasteiger partial charge in [-0.05, 0) is 24.2 Å². The molecule has 27 heavy (non-hydrogen) atoms. The molecule has 0 aliphatic carbocycles. The predicted molar refractivity (Wildman–Crippen MR) is 109 cm³/mol. The third kappa shape index (κ3) is 5.45. The van der Waals surface area contributed by atoms with E-state index < -0.39 is 0 Å². The largest absolute Gasteiger partial charge is 0.493 e. The van der Waals surface area contributed by atoms with Crippen LogP contribution < -0.4 is 14.8 Å². The van der Waals surface area contributed by atoms with E-state index in [0.717, 1.165) is 62.9 Å². The second kappa shape index (κ2) is 9.74. The molecule has 1 fully saturated rings. The van der Waals surface area contributed by atoms with Gasteiger partial charge in [0.25, 0.3) is 0 Å². The molecule has 1 aliphatic heterocycles. The average Bonchev–Trinajstić information content (AvgIpc) is 2.70. The van der Waals surface area contributed by atoms with E-state index in [2.05, 4.69) is 52.5 Å². The summed E-state index contributed by atoms with van der Waals surface area (Å²) in [6.07, 6.45) is 0. The summed E-state index contributed by atoms with van der Waals surface area (Å²) in [4.78, 5) is 4.92. The van der Waals surface area contributed by atoms with E-state index in [1.54, 1.807) is 14.2 Å². The Morgan fingerprint density at radius 3 is 2.22 bits per heavy atom. The first-order chi connectivity index (χ1) is 13.2. The van der Waals surface area contributed by atoms with E-state index in [0.29, 0.717) is 0 Å². The lowest BCUT2D eigenvalue weighted by molar-refractivity contribution is 0.148. The number of ether oxygens (including phenoxy) is 2. The molecule has 0 atom stereocenters. The zero-order valence-electron chi connectivity index (χ0n) is 16.7. The molecule has 1 saturated heterocycles. The number of benzene rings is 2. The van der Waals surface area contributed by atoms with Crippen LogP contribution in [0.4, 0.5) is 0 Å². The molecular weight excluding hydrogens is 338 g/mol. The van der Waals surface area contributed by atoms with Crippen LogP contribution in [0.25, 0.3) is 0 Å². The first-order valence-corrected chi connectivity index (χ1v) is 9.59. The zero-order chi connectivity index (χ0) is 19.1. The molecular formula is C22H31N3O2. The summed E-state index contributed by atoms with van der Waals surface area (Å²) in [5, 5.41) is 3.50. The van der Waals surface area contributed by atoms with Gasteiger partial charge in [-0.1, -0.05) is 36.4 Å². The monoisotopic (exact) mass is 369 g/mol. The highest BCUT2D eigenvalue weighted by molar-refractivity contribution is 5.46. The first kappa shape index (κ1) is 19.7. The molecule has 5 heteroatoms.